The van der Waals surface area contributed by atoms with Gasteiger partial charge in [0, 0.05) is 22.2 Å². The third-order valence-corrected chi connectivity index (χ3v) is 3.33. The van der Waals surface area contributed by atoms with Gasteiger partial charge in [-0.25, -0.2) is 0 Å². The number of aromatic hydroxyl groups is 1. The van der Waals surface area contributed by atoms with E-state index in [1.807, 2.05) is 48.5 Å². The molecule has 0 aliphatic heterocycles. The van der Waals surface area contributed by atoms with E-state index in [0.717, 1.165) is 16.5 Å². The lowest BCUT2D eigenvalue weighted by Gasteiger charge is -2.04. The molecule has 0 aromatic heterocycles. The average molecular weight is 282 g/mol. The van der Waals surface area contributed by atoms with Crippen molar-refractivity contribution in [2.24, 2.45) is 4.99 Å². The minimum absolute atomic E-state index is 0.244. The molecule has 0 saturated carbocycles. The van der Waals surface area contributed by atoms with Crippen LogP contribution in [0.3, 0.4) is 0 Å². The van der Waals surface area contributed by atoms with Crippen molar-refractivity contribution in [3.8, 4) is 5.75 Å². The van der Waals surface area contributed by atoms with Crippen LogP contribution in [0.5, 0.6) is 5.75 Å². The summed E-state index contributed by atoms with van der Waals surface area (Å²) in [5, 5.41) is 12.7. The Morgan fingerprint density at radius 3 is 2.65 bits per heavy atom. The summed E-state index contributed by atoms with van der Waals surface area (Å²) in [5.41, 5.74) is 1.44. The van der Waals surface area contributed by atoms with E-state index in [9.17, 15) is 5.11 Å². The van der Waals surface area contributed by atoms with Crippen molar-refractivity contribution >= 4 is 34.3 Å². The molecule has 0 saturated heterocycles. The Hall–Kier alpha value is -2.32. The number of halogens is 1. The fourth-order valence-corrected chi connectivity index (χ4v) is 2.26. The predicted molar refractivity (Wildman–Crippen MR) is 84.3 cm³/mol. The van der Waals surface area contributed by atoms with E-state index < -0.39 is 0 Å². The number of fused-ring (bicyclic) bond motifs is 1. The third-order valence-electron chi connectivity index (χ3n) is 3.09. The van der Waals surface area contributed by atoms with Crippen molar-refractivity contribution in [2.75, 3.05) is 0 Å². The Kier molecular flexibility index (Phi) is 3.40. The quantitative estimate of drug-likeness (QED) is 0.662. The largest absolute Gasteiger partial charge is 0.507 e. The molecular weight excluding hydrogens is 270 g/mol. The molecule has 0 radical (unpaired) electrons. The van der Waals surface area contributed by atoms with E-state index in [0.29, 0.717) is 10.6 Å². The van der Waals surface area contributed by atoms with Gasteiger partial charge in [-0.15, -0.1) is 0 Å². The number of phenolic OH excluding ortho intramolecular Hbond substituents is 1. The number of hydrogen-bond donors (Lipinski definition) is 1. The smallest absolute Gasteiger partial charge is 0.132 e. The molecule has 0 atom stereocenters. The highest BCUT2D eigenvalue weighted by atomic mass is 35.5. The molecule has 3 heteroatoms. The van der Waals surface area contributed by atoms with E-state index in [1.54, 1.807) is 18.3 Å². The van der Waals surface area contributed by atoms with Gasteiger partial charge in [-0.2, -0.15) is 0 Å². The summed E-state index contributed by atoms with van der Waals surface area (Å²) in [5.74, 6) is 0.244. The lowest BCUT2D eigenvalue weighted by molar-refractivity contribution is 0.481. The Morgan fingerprint density at radius 1 is 0.950 bits per heavy atom. The van der Waals surface area contributed by atoms with Crippen LogP contribution in [0.15, 0.2) is 65.7 Å². The second kappa shape index (κ2) is 5.35. The van der Waals surface area contributed by atoms with Crippen molar-refractivity contribution in [3.05, 3.63) is 71.2 Å². The highest BCUT2D eigenvalue weighted by Gasteiger charge is 2.03. The predicted octanol–water partition coefficient (Wildman–Crippen LogP) is 4.95. The van der Waals surface area contributed by atoms with Gasteiger partial charge < -0.3 is 5.11 Å². The number of hydrogen-bond acceptors (Lipinski definition) is 2. The molecule has 98 valence electrons. The first-order valence-electron chi connectivity index (χ1n) is 6.24. The zero-order valence-corrected chi connectivity index (χ0v) is 11.4. The summed E-state index contributed by atoms with van der Waals surface area (Å²) in [4.78, 5) is 4.34. The molecule has 0 bridgehead atoms. The zero-order chi connectivity index (χ0) is 13.9. The summed E-state index contributed by atoms with van der Waals surface area (Å²) in [6, 6.07) is 18.8. The molecule has 0 amide bonds. The zero-order valence-electron chi connectivity index (χ0n) is 10.6. The van der Waals surface area contributed by atoms with Gasteiger partial charge in [-0.1, -0.05) is 48.0 Å². The van der Waals surface area contributed by atoms with Crippen molar-refractivity contribution in [2.45, 2.75) is 0 Å². The molecular formula is C17H12ClNO. The Balaban J connectivity index is 2.01. The van der Waals surface area contributed by atoms with Crippen molar-refractivity contribution < 1.29 is 5.11 Å². The lowest BCUT2D eigenvalue weighted by atomic mass is 10.1. The van der Waals surface area contributed by atoms with Gasteiger partial charge in [-0.3, -0.25) is 4.99 Å². The Labute approximate surface area is 122 Å². The van der Waals surface area contributed by atoms with Crippen LogP contribution >= 0.6 is 11.6 Å². The summed E-state index contributed by atoms with van der Waals surface area (Å²) in [7, 11) is 0. The van der Waals surface area contributed by atoms with E-state index in [1.165, 1.54) is 0 Å². The molecule has 3 aromatic carbocycles. The minimum Gasteiger partial charge on any atom is -0.507 e. The van der Waals surface area contributed by atoms with Gasteiger partial charge in [0.15, 0.2) is 0 Å². The van der Waals surface area contributed by atoms with Crippen molar-refractivity contribution in [1.29, 1.82) is 0 Å². The highest BCUT2D eigenvalue weighted by molar-refractivity contribution is 6.30. The minimum atomic E-state index is 0.244. The van der Waals surface area contributed by atoms with Crippen LogP contribution in [0.1, 0.15) is 5.56 Å². The summed E-state index contributed by atoms with van der Waals surface area (Å²) in [6.07, 6.45) is 1.65. The second-order valence-electron chi connectivity index (χ2n) is 4.46. The molecule has 20 heavy (non-hydrogen) atoms. The number of phenols is 1. The van der Waals surface area contributed by atoms with Gasteiger partial charge in [0.2, 0.25) is 0 Å². The fraction of sp³-hybridized carbons (Fsp3) is 0. The maximum absolute atomic E-state index is 10.3. The van der Waals surface area contributed by atoms with E-state index in [-0.39, 0.29) is 5.75 Å². The first-order valence-corrected chi connectivity index (χ1v) is 6.62. The number of aliphatic imine (C=N–C) groups is 1. The second-order valence-corrected chi connectivity index (χ2v) is 4.90. The van der Waals surface area contributed by atoms with E-state index >= 15 is 0 Å². The molecule has 0 fully saturated rings. The summed E-state index contributed by atoms with van der Waals surface area (Å²) < 4.78 is 0. The van der Waals surface area contributed by atoms with Gasteiger partial charge in [-0.05, 0) is 29.7 Å². The number of nitrogens with zero attached hydrogens (tertiary/aromatic N) is 1. The lowest BCUT2D eigenvalue weighted by Crippen LogP contribution is -1.84. The van der Waals surface area contributed by atoms with Crippen molar-refractivity contribution in [3.63, 3.8) is 0 Å². The Bertz CT molecular complexity index is 796. The molecule has 0 unspecified atom stereocenters. The molecule has 3 aromatic rings. The van der Waals surface area contributed by atoms with Crippen LogP contribution in [0.4, 0.5) is 5.69 Å². The molecule has 3 rings (SSSR count). The van der Waals surface area contributed by atoms with Crippen LogP contribution in [0, 0.1) is 0 Å². The standard InChI is InChI=1S/C17H12ClNO/c18-14-5-3-6-15(10-14)19-11-13-9-8-12-4-1-2-7-16(12)17(13)20/h1-11,20H. The third kappa shape index (κ3) is 2.51. The number of benzene rings is 3. The molecule has 1 N–H and O–H groups in total. The highest BCUT2D eigenvalue weighted by Crippen LogP contribution is 2.28. The normalized spacial score (nSPS) is 11.2. The first-order chi connectivity index (χ1) is 9.74. The first kappa shape index (κ1) is 12.7. The van der Waals surface area contributed by atoms with Gasteiger partial charge in [0.25, 0.3) is 0 Å². The van der Waals surface area contributed by atoms with Gasteiger partial charge >= 0.3 is 0 Å². The van der Waals surface area contributed by atoms with Gasteiger partial charge in [0.05, 0.1) is 5.69 Å². The van der Waals surface area contributed by atoms with Crippen LogP contribution in [0.2, 0.25) is 5.02 Å². The maximum Gasteiger partial charge on any atom is 0.132 e. The van der Waals surface area contributed by atoms with Crippen molar-refractivity contribution in [1.82, 2.24) is 0 Å². The summed E-state index contributed by atoms with van der Waals surface area (Å²) in [6.45, 7) is 0. The summed E-state index contributed by atoms with van der Waals surface area (Å²) >= 11 is 5.91. The Morgan fingerprint density at radius 2 is 1.80 bits per heavy atom. The molecule has 0 spiro atoms. The fourth-order valence-electron chi connectivity index (χ4n) is 2.08. The van der Waals surface area contributed by atoms with Crippen LogP contribution in [-0.2, 0) is 0 Å². The van der Waals surface area contributed by atoms with Crippen LogP contribution in [-0.4, -0.2) is 11.3 Å². The van der Waals surface area contributed by atoms with E-state index in [2.05, 4.69) is 4.99 Å². The molecule has 2 nitrogen and oxygen atoms in total. The SMILES string of the molecule is Oc1c(C=Nc2cccc(Cl)c2)ccc2ccccc12. The molecule has 0 heterocycles. The van der Waals surface area contributed by atoms with E-state index in [4.69, 9.17) is 11.6 Å². The average Bonchev–Trinajstić information content (AvgIpc) is 2.47. The van der Waals surface area contributed by atoms with Crippen LogP contribution in [0.25, 0.3) is 10.8 Å². The van der Waals surface area contributed by atoms with Gasteiger partial charge in [0.1, 0.15) is 5.75 Å². The molecule has 0 aliphatic carbocycles. The maximum atomic E-state index is 10.3. The number of rotatable bonds is 2. The monoisotopic (exact) mass is 281 g/mol. The topological polar surface area (TPSA) is 32.6 Å². The molecule has 0 aliphatic rings. The van der Waals surface area contributed by atoms with Crippen LogP contribution < -0.4 is 0 Å².